The molecule has 0 aliphatic rings. The number of amides is 1. The number of esters is 2. The van der Waals surface area contributed by atoms with Crippen molar-refractivity contribution in [2.24, 2.45) is 11.3 Å². The lowest BCUT2D eigenvalue weighted by Gasteiger charge is -2.30. The van der Waals surface area contributed by atoms with E-state index in [4.69, 9.17) is 9.47 Å². The lowest BCUT2D eigenvalue weighted by Crippen LogP contribution is -2.48. The first-order chi connectivity index (χ1) is 10.8. The SMILES string of the molecule is C=C(C(=O)N[C@H](C(=O)OC)C(C)CC)C(C)(C)C(=O)OC(C)(C)C. The van der Waals surface area contributed by atoms with Crippen molar-refractivity contribution in [3.63, 3.8) is 0 Å². The van der Waals surface area contributed by atoms with Crippen LogP contribution in [0.4, 0.5) is 0 Å². The number of methoxy groups -OCH3 is 1. The number of nitrogens with one attached hydrogen (secondary N) is 1. The average Bonchev–Trinajstić information content (AvgIpc) is 2.48. The van der Waals surface area contributed by atoms with Gasteiger partial charge in [-0.05, 0) is 40.5 Å². The molecule has 0 fully saturated rings. The molecule has 138 valence electrons. The van der Waals surface area contributed by atoms with Crippen LogP contribution in [0.5, 0.6) is 0 Å². The van der Waals surface area contributed by atoms with Gasteiger partial charge in [0.15, 0.2) is 0 Å². The van der Waals surface area contributed by atoms with E-state index in [1.807, 2.05) is 13.8 Å². The second-order valence-electron chi connectivity index (χ2n) is 7.47. The molecule has 0 aromatic carbocycles. The Morgan fingerprint density at radius 1 is 1.12 bits per heavy atom. The highest BCUT2D eigenvalue weighted by atomic mass is 16.6. The van der Waals surface area contributed by atoms with Gasteiger partial charge in [-0.15, -0.1) is 0 Å². The normalized spacial score (nSPS) is 14.3. The maximum absolute atomic E-state index is 12.5. The van der Waals surface area contributed by atoms with Crippen LogP contribution in [0.15, 0.2) is 12.2 Å². The first kappa shape index (κ1) is 22.1. The van der Waals surface area contributed by atoms with E-state index in [9.17, 15) is 14.4 Å². The average molecular weight is 341 g/mol. The van der Waals surface area contributed by atoms with E-state index in [2.05, 4.69) is 11.9 Å². The largest absolute Gasteiger partial charge is 0.467 e. The van der Waals surface area contributed by atoms with Crippen LogP contribution < -0.4 is 5.32 Å². The second kappa shape index (κ2) is 8.31. The fourth-order valence-corrected chi connectivity index (χ4v) is 1.84. The highest BCUT2D eigenvalue weighted by Crippen LogP contribution is 2.29. The summed E-state index contributed by atoms with van der Waals surface area (Å²) >= 11 is 0. The number of hydrogen-bond acceptors (Lipinski definition) is 5. The van der Waals surface area contributed by atoms with Crippen molar-refractivity contribution in [2.45, 2.75) is 66.5 Å². The lowest BCUT2D eigenvalue weighted by molar-refractivity contribution is -0.164. The van der Waals surface area contributed by atoms with Gasteiger partial charge in [-0.1, -0.05) is 26.8 Å². The van der Waals surface area contributed by atoms with Crippen molar-refractivity contribution >= 4 is 17.8 Å². The van der Waals surface area contributed by atoms with Gasteiger partial charge in [-0.2, -0.15) is 0 Å². The molecule has 0 aliphatic carbocycles. The van der Waals surface area contributed by atoms with Gasteiger partial charge in [-0.3, -0.25) is 9.59 Å². The van der Waals surface area contributed by atoms with Crippen LogP contribution in [0.2, 0.25) is 0 Å². The third-order valence-corrected chi connectivity index (χ3v) is 3.89. The molecule has 6 nitrogen and oxygen atoms in total. The summed E-state index contributed by atoms with van der Waals surface area (Å²) in [6.07, 6.45) is 0.683. The molecule has 0 aromatic rings. The summed E-state index contributed by atoms with van der Waals surface area (Å²) in [4.78, 5) is 36.7. The molecule has 1 amide bonds. The minimum Gasteiger partial charge on any atom is -0.467 e. The fourth-order valence-electron chi connectivity index (χ4n) is 1.84. The lowest BCUT2D eigenvalue weighted by atomic mass is 9.84. The quantitative estimate of drug-likeness (QED) is 0.568. The van der Waals surface area contributed by atoms with E-state index in [-0.39, 0.29) is 11.5 Å². The van der Waals surface area contributed by atoms with Gasteiger partial charge in [0, 0.05) is 5.57 Å². The molecule has 1 N–H and O–H groups in total. The van der Waals surface area contributed by atoms with Gasteiger partial charge < -0.3 is 14.8 Å². The Kier molecular flexibility index (Phi) is 7.67. The highest BCUT2D eigenvalue weighted by Gasteiger charge is 2.39. The zero-order valence-electron chi connectivity index (χ0n) is 16.1. The van der Waals surface area contributed by atoms with Crippen LogP contribution in [0.25, 0.3) is 0 Å². The summed E-state index contributed by atoms with van der Waals surface area (Å²) in [6, 6.07) is -0.793. The van der Waals surface area contributed by atoms with E-state index in [1.165, 1.54) is 7.11 Å². The van der Waals surface area contributed by atoms with Crippen molar-refractivity contribution in [1.82, 2.24) is 5.32 Å². The number of rotatable bonds is 7. The van der Waals surface area contributed by atoms with Crippen molar-refractivity contribution in [1.29, 1.82) is 0 Å². The minimum atomic E-state index is -1.21. The van der Waals surface area contributed by atoms with Crippen LogP contribution in [0.3, 0.4) is 0 Å². The van der Waals surface area contributed by atoms with E-state index in [0.29, 0.717) is 6.42 Å². The summed E-state index contributed by atoms with van der Waals surface area (Å²) in [6.45, 7) is 15.9. The predicted molar refractivity (Wildman–Crippen MR) is 92.2 cm³/mol. The van der Waals surface area contributed by atoms with E-state index >= 15 is 0 Å². The number of hydrogen-bond donors (Lipinski definition) is 1. The maximum atomic E-state index is 12.5. The van der Waals surface area contributed by atoms with Crippen molar-refractivity contribution < 1.29 is 23.9 Å². The van der Waals surface area contributed by atoms with Gasteiger partial charge in [0.1, 0.15) is 11.6 Å². The van der Waals surface area contributed by atoms with Crippen LogP contribution in [-0.4, -0.2) is 36.6 Å². The summed E-state index contributed by atoms with van der Waals surface area (Å²) in [5.74, 6) is -1.76. The third-order valence-electron chi connectivity index (χ3n) is 3.89. The molecule has 1 unspecified atom stereocenters. The van der Waals surface area contributed by atoms with Crippen LogP contribution >= 0.6 is 0 Å². The van der Waals surface area contributed by atoms with E-state index < -0.39 is 34.9 Å². The second-order valence-corrected chi connectivity index (χ2v) is 7.47. The van der Waals surface area contributed by atoms with E-state index in [0.717, 1.165) is 0 Å². The Hall–Kier alpha value is -1.85. The Morgan fingerprint density at radius 2 is 1.62 bits per heavy atom. The monoisotopic (exact) mass is 341 g/mol. The molecule has 0 spiro atoms. The molecular formula is C18H31NO5. The number of carbonyl (C=O) groups is 3. The Morgan fingerprint density at radius 3 is 2.00 bits per heavy atom. The van der Waals surface area contributed by atoms with Gasteiger partial charge in [-0.25, -0.2) is 4.79 Å². The minimum absolute atomic E-state index is 0.0361. The molecule has 0 heterocycles. The van der Waals surface area contributed by atoms with Gasteiger partial charge in [0.25, 0.3) is 0 Å². The molecule has 0 saturated carbocycles. The molecule has 24 heavy (non-hydrogen) atoms. The molecular weight excluding hydrogens is 310 g/mol. The summed E-state index contributed by atoms with van der Waals surface area (Å²) in [7, 11) is 1.27. The van der Waals surface area contributed by atoms with Gasteiger partial charge in [0.05, 0.1) is 12.5 Å². The summed E-state index contributed by atoms with van der Waals surface area (Å²) in [5, 5.41) is 2.62. The first-order valence-corrected chi connectivity index (χ1v) is 8.09. The van der Waals surface area contributed by atoms with Crippen LogP contribution in [0.1, 0.15) is 54.9 Å². The summed E-state index contributed by atoms with van der Waals surface area (Å²) in [5.41, 5.74) is -1.85. The van der Waals surface area contributed by atoms with Crippen molar-refractivity contribution in [3.8, 4) is 0 Å². The maximum Gasteiger partial charge on any atom is 0.328 e. The highest BCUT2D eigenvalue weighted by molar-refractivity contribution is 6.01. The zero-order valence-corrected chi connectivity index (χ0v) is 16.1. The number of carbonyl (C=O) groups excluding carboxylic acids is 3. The molecule has 6 heteroatoms. The van der Waals surface area contributed by atoms with Crippen molar-refractivity contribution in [2.75, 3.05) is 7.11 Å². The Bertz CT molecular complexity index is 502. The zero-order chi connectivity index (χ0) is 19.3. The molecule has 0 saturated heterocycles. The molecule has 0 bridgehead atoms. The molecule has 0 aromatic heterocycles. The van der Waals surface area contributed by atoms with E-state index in [1.54, 1.807) is 34.6 Å². The molecule has 0 rings (SSSR count). The van der Waals surface area contributed by atoms with Gasteiger partial charge >= 0.3 is 11.9 Å². The first-order valence-electron chi connectivity index (χ1n) is 8.09. The van der Waals surface area contributed by atoms with Crippen LogP contribution in [0, 0.1) is 11.3 Å². The standard InChI is InChI=1S/C18H31NO5/c1-10-11(2)13(15(21)23-9)19-14(20)12(3)18(7,8)16(22)24-17(4,5)6/h11,13H,3,10H2,1-2,4-9H3,(H,19,20)/t11?,13-/m0/s1. The van der Waals surface area contributed by atoms with Crippen molar-refractivity contribution in [3.05, 3.63) is 12.2 Å². The Labute approximate surface area is 145 Å². The number of ether oxygens (including phenoxy) is 2. The smallest absolute Gasteiger partial charge is 0.328 e. The predicted octanol–water partition coefficient (Wildman–Crippen LogP) is 2.61. The molecule has 0 radical (unpaired) electrons. The fraction of sp³-hybridized carbons (Fsp3) is 0.722. The topological polar surface area (TPSA) is 81.7 Å². The molecule has 2 atom stereocenters. The van der Waals surface area contributed by atoms with Gasteiger partial charge in [0.2, 0.25) is 5.91 Å². The molecule has 0 aliphatic heterocycles. The summed E-state index contributed by atoms with van der Waals surface area (Å²) < 4.78 is 10.1. The van der Waals surface area contributed by atoms with Crippen LogP contribution in [-0.2, 0) is 23.9 Å². The Balaban J connectivity index is 5.23. The third kappa shape index (κ3) is 5.98.